The van der Waals surface area contributed by atoms with Crippen LogP contribution in [-0.2, 0) is 28.1 Å². The van der Waals surface area contributed by atoms with E-state index in [1.807, 2.05) is 0 Å². The molecule has 1 aromatic heterocycles. The summed E-state index contributed by atoms with van der Waals surface area (Å²) in [5, 5.41) is 1.19. The summed E-state index contributed by atoms with van der Waals surface area (Å²) < 4.78 is 7.41. The Morgan fingerprint density at radius 3 is 1.63 bits per heavy atom. The second kappa shape index (κ2) is 14.9. The molecule has 1 fully saturated rings. The van der Waals surface area contributed by atoms with Gasteiger partial charge in [0.05, 0.1) is 0 Å². The Balaban J connectivity index is 1.29. The van der Waals surface area contributed by atoms with Crippen molar-refractivity contribution < 1.29 is 4.42 Å². The lowest BCUT2D eigenvalue weighted by Gasteiger charge is -2.60. The molecule has 0 amide bonds. The van der Waals surface area contributed by atoms with Crippen LogP contribution in [0.25, 0.3) is 11.0 Å². The maximum Gasteiger partial charge on any atom is 0.257 e. The highest BCUT2D eigenvalue weighted by atomic mass is 16.4. The SMILES string of the molecule is CC(C)(C)c1ccc(N2c3ccc(C(C)(C)C)cc3B3c4c2cc(N2c5ccccc5CC5(C)CCCCC25C)cc4N(c2ccc(C(C)(C)C)cc2)c2oc4ccc(C(C)(C)C)cc4c23)cc1. The summed E-state index contributed by atoms with van der Waals surface area (Å²) >= 11 is 0. The highest BCUT2D eigenvalue weighted by Gasteiger charge is 2.55. The number of para-hydroxylation sites is 1. The molecule has 4 aliphatic rings. The Morgan fingerprint density at radius 2 is 1.01 bits per heavy atom. The van der Waals surface area contributed by atoms with E-state index in [1.165, 1.54) is 103 Å². The van der Waals surface area contributed by atoms with Gasteiger partial charge in [-0.15, -0.1) is 0 Å². The number of furan rings is 1. The van der Waals surface area contributed by atoms with E-state index in [-0.39, 0.29) is 39.3 Å². The minimum Gasteiger partial charge on any atom is -0.440 e. The van der Waals surface area contributed by atoms with Crippen molar-refractivity contribution in [3.63, 3.8) is 0 Å². The van der Waals surface area contributed by atoms with Crippen LogP contribution in [0.15, 0.2) is 126 Å². The van der Waals surface area contributed by atoms with Gasteiger partial charge in [-0.05, 0) is 153 Å². The van der Waals surface area contributed by atoms with Gasteiger partial charge in [-0.2, -0.15) is 0 Å². The van der Waals surface area contributed by atoms with Crippen LogP contribution >= 0.6 is 0 Å². The van der Waals surface area contributed by atoms with E-state index >= 15 is 0 Å². The molecule has 68 heavy (non-hydrogen) atoms. The molecule has 5 heteroatoms. The molecule has 3 aliphatic heterocycles. The number of rotatable bonds is 3. The van der Waals surface area contributed by atoms with E-state index < -0.39 is 0 Å². The van der Waals surface area contributed by atoms with Gasteiger partial charge in [0.15, 0.2) is 0 Å². The summed E-state index contributed by atoms with van der Waals surface area (Å²) in [6.07, 6.45) is 5.96. The fourth-order valence-corrected chi connectivity index (χ4v) is 12.5. The highest BCUT2D eigenvalue weighted by Crippen LogP contribution is 2.59. The first-order valence-electron chi connectivity index (χ1n) is 25.6. The van der Waals surface area contributed by atoms with Gasteiger partial charge >= 0.3 is 0 Å². The fourth-order valence-electron chi connectivity index (χ4n) is 12.5. The molecule has 0 N–H and O–H groups in total. The number of hydrogen-bond acceptors (Lipinski definition) is 4. The van der Waals surface area contributed by atoms with Crippen LogP contribution in [0.4, 0.5) is 45.7 Å². The number of anilines is 8. The van der Waals surface area contributed by atoms with E-state index in [9.17, 15) is 0 Å². The van der Waals surface area contributed by atoms with E-state index in [2.05, 4.69) is 233 Å². The molecule has 1 aliphatic carbocycles. The second-order valence-corrected chi connectivity index (χ2v) is 25.6. The van der Waals surface area contributed by atoms with Crippen molar-refractivity contribution in [3.8, 4) is 0 Å². The first kappa shape index (κ1) is 44.8. The molecule has 4 nitrogen and oxygen atoms in total. The summed E-state index contributed by atoms with van der Waals surface area (Å²) in [4.78, 5) is 7.90. The Bertz CT molecular complexity index is 3130. The molecule has 2 unspecified atom stereocenters. The zero-order chi connectivity index (χ0) is 48.1. The van der Waals surface area contributed by atoms with E-state index in [1.54, 1.807) is 0 Å². The molecule has 0 radical (unpaired) electrons. The zero-order valence-electron chi connectivity index (χ0n) is 43.4. The van der Waals surface area contributed by atoms with Crippen molar-refractivity contribution >= 4 is 79.8 Å². The number of benzene rings is 6. The molecular weight excluding hydrogens is 826 g/mol. The minimum absolute atomic E-state index is 0.0136. The minimum atomic E-state index is -0.102. The second-order valence-electron chi connectivity index (χ2n) is 25.6. The summed E-state index contributed by atoms with van der Waals surface area (Å²) in [5.41, 5.74) is 20.0. The highest BCUT2D eigenvalue weighted by molar-refractivity contribution is 7.01. The lowest BCUT2D eigenvalue weighted by molar-refractivity contribution is 0.0863. The van der Waals surface area contributed by atoms with Crippen LogP contribution in [0.1, 0.15) is 150 Å². The van der Waals surface area contributed by atoms with E-state index in [0.29, 0.717) is 0 Å². The Hall–Kier alpha value is -5.68. The average Bonchev–Trinajstić information content (AvgIpc) is 3.65. The van der Waals surface area contributed by atoms with Gasteiger partial charge in [0, 0.05) is 56.2 Å². The molecular formula is C63H72BN3O. The van der Waals surface area contributed by atoms with E-state index in [0.717, 1.165) is 30.0 Å². The summed E-state index contributed by atoms with van der Waals surface area (Å²) in [6, 6.07) is 47.5. The summed E-state index contributed by atoms with van der Waals surface area (Å²) in [7, 11) is 0. The largest absolute Gasteiger partial charge is 0.440 e. The Labute approximate surface area is 407 Å². The van der Waals surface area contributed by atoms with Gasteiger partial charge in [-0.1, -0.05) is 164 Å². The molecule has 6 aromatic carbocycles. The van der Waals surface area contributed by atoms with E-state index in [4.69, 9.17) is 4.42 Å². The van der Waals surface area contributed by atoms with Crippen molar-refractivity contribution in [1.82, 2.24) is 0 Å². The fraction of sp³-hybridized carbons (Fsp3) is 0.397. The first-order valence-corrected chi connectivity index (χ1v) is 25.6. The molecule has 0 spiro atoms. The Morgan fingerprint density at radius 1 is 0.485 bits per heavy atom. The van der Waals surface area contributed by atoms with Crippen molar-refractivity contribution in [1.29, 1.82) is 0 Å². The maximum atomic E-state index is 7.41. The molecule has 2 atom stereocenters. The molecule has 0 bridgehead atoms. The topological polar surface area (TPSA) is 22.9 Å². The Kier molecular flexibility index (Phi) is 9.83. The summed E-state index contributed by atoms with van der Waals surface area (Å²) in [5.74, 6) is 0.915. The third-order valence-electron chi connectivity index (χ3n) is 16.9. The third kappa shape index (κ3) is 6.83. The monoisotopic (exact) mass is 898 g/mol. The van der Waals surface area contributed by atoms with Gasteiger partial charge in [0.25, 0.3) is 6.71 Å². The normalized spacial score (nSPS) is 20.2. The quantitative estimate of drug-likeness (QED) is 0.165. The average molecular weight is 898 g/mol. The van der Waals surface area contributed by atoms with Crippen LogP contribution < -0.4 is 31.1 Å². The smallest absolute Gasteiger partial charge is 0.257 e. The maximum absolute atomic E-state index is 7.41. The van der Waals surface area contributed by atoms with Gasteiger partial charge < -0.3 is 14.2 Å². The number of fused-ring (bicyclic) bond motifs is 8. The predicted molar refractivity (Wildman–Crippen MR) is 292 cm³/mol. The number of hydrogen-bond donors (Lipinski definition) is 0. The molecule has 1 saturated carbocycles. The van der Waals surface area contributed by atoms with Crippen LogP contribution in [-0.4, -0.2) is 12.3 Å². The summed E-state index contributed by atoms with van der Waals surface area (Å²) in [6.45, 7) is 32.9. The first-order chi connectivity index (χ1) is 32.0. The van der Waals surface area contributed by atoms with Crippen LogP contribution in [0.3, 0.4) is 0 Å². The van der Waals surface area contributed by atoms with Crippen LogP contribution in [0.5, 0.6) is 0 Å². The predicted octanol–water partition coefficient (Wildman–Crippen LogP) is 15.7. The van der Waals surface area contributed by atoms with Crippen LogP contribution in [0.2, 0.25) is 0 Å². The van der Waals surface area contributed by atoms with Crippen molar-refractivity contribution in [3.05, 3.63) is 149 Å². The van der Waals surface area contributed by atoms with Gasteiger partial charge in [-0.25, -0.2) is 0 Å². The van der Waals surface area contributed by atoms with Crippen molar-refractivity contribution in [2.45, 2.75) is 156 Å². The van der Waals surface area contributed by atoms with Gasteiger partial charge in [0.1, 0.15) is 5.58 Å². The molecule has 348 valence electrons. The molecule has 4 heterocycles. The van der Waals surface area contributed by atoms with Gasteiger partial charge in [-0.3, -0.25) is 4.90 Å². The molecule has 11 rings (SSSR count). The van der Waals surface area contributed by atoms with Crippen molar-refractivity contribution in [2.75, 3.05) is 14.7 Å². The van der Waals surface area contributed by atoms with Gasteiger partial charge in [0.2, 0.25) is 5.88 Å². The zero-order valence-corrected chi connectivity index (χ0v) is 43.4. The third-order valence-corrected chi connectivity index (χ3v) is 16.9. The molecule has 7 aromatic rings. The lowest BCUT2D eigenvalue weighted by Crippen LogP contribution is -2.62. The lowest BCUT2D eigenvalue weighted by atomic mass is 9.33. The molecule has 0 saturated heterocycles. The number of nitrogens with zero attached hydrogens (tertiary/aromatic N) is 3. The van der Waals surface area contributed by atoms with Crippen molar-refractivity contribution in [2.24, 2.45) is 5.41 Å². The van der Waals surface area contributed by atoms with Crippen LogP contribution in [0, 0.1) is 5.41 Å². The standard InChI is InChI=1S/C63H72BN3O/c1-58(2,3)41-21-27-45(28-22-41)65-51-31-25-44(61(10,11)12)36-49(51)64-55-48-35-43(60(7,8)9)26-32-54(48)68-57(55)66(46-29-23-42(24-30-46)59(4,5)6)53-38-47(37-52(65)56(53)64)67-50-20-16-15-19-40(50)39-62(13)33-17-18-34-63(62,67)14/h15-16,19-32,35-38H,17-18,33-34,39H2,1-14H3.